The monoisotopic (exact) mass is 358 g/mol. The summed E-state index contributed by atoms with van der Waals surface area (Å²) in [5.74, 6) is 0.836. The largest absolute Gasteiger partial charge is 0.444 e. The van der Waals surface area contributed by atoms with Crippen LogP contribution in [0.5, 0.6) is 0 Å². The second kappa shape index (κ2) is 6.79. The summed E-state index contributed by atoms with van der Waals surface area (Å²) in [6.07, 6.45) is 1.46. The third-order valence-corrected chi connectivity index (χ3v) is 4.59. The van der Waals surface area contributed by atoms with E-state index < -0.39 is 11.0 Å². The summed E-state index contributed by atoms with van der Waals surface area (Å²) in [6, 6.07) is 6.19. The number of aromatic nitrogens is 1. The quantitative estimate of drug-likeness (QED) is 0.806. The van der Waals surface area contributed by atoms with Gasteiger partial charge in [0.2, 0.25) is 0 Å². The van der Waals surface area contributed by atoms with E-state index in [1.165, 1.54) is 0 Å². The molecule has 26 heavy (non-hydrogen) atoms. The first-order valence-corrected chi connectivity index (χ1v) is 8.99. The van der Waals surface area contributed by atoms with Crippen molar-refractivity contribution in [2.24, 2.45) is 0 Å². The molecule has 6 nitrogen and oxygen atoms in total. The number of ether oxygens (including phenoxy) is 1. The Labute approximate surface area is 156 Å². The molecule has 0 N–H and O–H groups in total. The van der Waals surface area contributed by atoms with Crippen LogP contribution in [0.1, 0.15) is 54.0 Å². The third-order valence-electron chi connectivity index (χ3n) is 4.59. The van der Waals surface area contributed by atoms with Crippen molar-refractivity contribution in [2.45, 2.75) is 65.0 Å². The van der Waals surface area contributed by atoms with Crippen molar-refractivity contribution in [3.63, 3.8) is 0 Å². The molecule has 1 aromatic rings. The minimum Gasteiger partial charge on any atom is -0.444 e. The van der Waals surface area contributed by atoms with Gasteiger partial charge in [0, 0.05) is 25.8 Å². The summed E-state index contributed by atoms with van der Waals surface area (Å²) in [4.78, 5) is 21.0. The van der Waals surface area contributed by atoms with Crippen LogP contribution in [0, 0.1) is 11.3 Å². The molecule has 142 valence electrons. The van der Waals surface area contributed by atoms with Crippen LogP contribution in [0.4, 0.5) is 10.6 Å². The highest BCUT2D eigenvalue weighted by atomic mass is 16.6. The lowest BCUT2D eigenvalue weighted by Gasteiger charge is -2.47. The molecule has 0 saturated carbocycles. The topological polar surface area (TPSA) is 69.5 Å². The maximum absolute atomic E-state index is 12.5. The van der Waals surface area contributed by atoms with Crippen molar-refractivity contribution < 1.29 is 9.53 Å². The Morgan fingerprint density at radius 3 is 2.46 bits per heavy atom. The summed E-state index contributed by atoms with van der Waals surface area (Å²) in [6.45, 7) is 15.4. The minimum absolute atomic E-state index is 0.283. The number of hydrogen-bond acceptors (Lipinski definition) is 5. The van der Waals surface area contributed by atoms with E-state index in [2.05, 4.69) is 16.0 Å². The lowest BCUT2D eigenvalue weighted by atomic mass is 9.87. The summed E-state index contributed by atoms with van der Waals surface area (Å²) in [5.41, 5.74) is -0.519. The van der Waals surface area contributed by atoms with Gasteiger partial charge < -0.3 is 9.64 Å². The molecule has 6 heteroatoms. The van der Waals surface area contributed by atoms with E-state index in [0.717, 1.165) is 11.4 Å². The van der Waals surface area contributed by atoms with E-state index in [0.29, 0.717) is 19.6 Å². The van der Waals surface area contributed by atoms with Crippen molar-refractivity contribution in [1.82, 2.24) is 9.88 Å². The van der Waals surface area contributed by atoms with E-state index in [1.807, 2.05) is 60.6 Å². The second-order valence-corrected chi connectivity index (χ2v) is 9.01. The number of carbonyl (C=O) groups excluding carboxylic acids is 1. The van der Waals surface area contributed by atoms with Gasteiger partial charge >= 0.3 is 6.09 Å². The van der Waals surface area contributed by atoms with Crippen molar-refractivity contribution in [3.05, 3.63) is 23.9 Å². The van der Waals surface area contributed by atoms with Crippen LogP contribution < -0.4 is 4.90 Å². The Hall–Kier alpha value is -2.29. The lowest BCUT2D eigenvalue weighted by Crippen LogP contribution is -2.62. The van der Waals surface area contributed by atoms with E-state index in [9.17, 15) is 10.1 Å². The number of piperazine rings is 1. The first-order valence-electron chi connectivity index (χ1n) is 8.99. The number of anilines is 1. The predicted octanol–water partition coefficient (Wildman–Crippen LogP) is 3.72. The van der Waals surface area contributed by atoms with Crippen molar-refractivity contribution in [2.75, 3.05) is 24.5 Å². The third kappa shape index (κ3) is 4.46. The molecule has 0 atom stereocenters. The van der Waals surface area contributed by atoms with E-state index in [-0.39, 0.29) is 11.6 Å². The highest BCUT2D eigenvalue weighted by Gasteiger charge is 2.39. The molecule has 0 aromatic carbocycles. The van der Waals surface area contributed by atoms with Crippen LogP contribution in [0.2, 0.25) is 0 Å². The Morgan fingerprint density at radius 2 is 1.92 bits per heavy atom. The van der Waals surface area contributed by atoms with Gasteiger partial charge in [0.1, 0.15) is 11.4 Å². The molecule has 1 aliphatic heterocycles. The fourth-order valence-electron chi connectivity index (χ4n) is 3.05. The van der Waals surface area contributed by atoms with Gasteiger partial charge in [-0.25, -0.2) is 9.78 Å². The van der Waals surface area contributed by atoms with Gasteiger partial charge in [-0.1, -0.05) is 0 Å². The number of hydrogen-bond donors (Lipinski definition) is 0. The molecule has 0 aliphatic carbocycles. The predicted molar refractivity (Wildman–Crippen MR) is 102 cm³/mol. The summed E-state index contributed by atoms with van der Waals surface area (Å²) >= 11 is 0. The number of nitriles is 1. The van der Waals surface area contributed by atoms with Gasteiger partial charge in [-0.3, -0.25) is 4.90 Å². The SMILES string of the molecule is CC(C)(C)OC(=O)N1CCN(c2cc(C(C)(C)C#N)ccn2)CC1(C)C. The van der Waals surface area contributed by atoms with Gasteiger partial charge in [0.15, 0.2) is 0 Å². The average Bonchev–Trinajstić information content (AvgIpc) is 2.52. The zero-order chi connectivity index (χ0) is 19.8. The number of rotatable bonds is 2. The van der Waals surface area contributed by atoms with Crippen LogP contribution in [0.25, 0.3) is 0 Å². The standard InChI is InChI=1S/C20H30N4O2/c1-18(2,3)26-17(25)24-11-10-23(14-20(24,6)7)16-12-15(8-9-22-16)19(4,5)13-21/h8-9,12H,10-11,14H2,1-7H3. The zero-order valence-electron chi connectivity index (χ0n) is 17.0. The van der Waals surface area contributed by atoms with E-state index in [4.69, 9.17) is 4.74 Å². The summed E-state index contributed by atoms with van der Waals surface area (Å²) < 4.78 is 5.55. The smallest absolute Gasteiger partial charge is 0.410 e. The van der Waals surface area contributed by atoms with E-state index >= 15 is 0 Å². The molecular weight excluding hydrogens is 328 g/mol. The lowest BCUT2D eigenvalue weighted by molar-refractivity contribution is 0.000312. The minimum atomic E-state index is -0.564. The molecule has 2 heterocycles. The molecule has 1 amide bonds. The summed E-state index contributed by atoms with van der Waals surface area (Å²) in [7, 11) is 0. The first kappa shape index (κ1) is 20.0. The second-order valence-electron chi connectivity index (χ2n) is 9.01. The zero-order valence-corrected chi connectivity index (χ0v) is 17.0. The van der Waals surface area contributed by atoms with Crippen LogP contribution in [-0.2, 0) is 10.2 Å². The van der Waals surface area contributed by atoms with Crippen LogP contribution in [0.15, 0.2) is 18.3 Å². The Balaban J connectivity index is 2.19. The molecule has 0 radical (unpaired) electrons. The van der Waals surface area contributed by atoms with Gasteiger partial charge in [-0.05, 0) is 66.2 Å². The normalized spacial score (nSPS) is 17.6. The van der Waals surface area contributed by atoms with Crippen LogP contribution in [-0.4, -0.2) is 46.8 Å². The van der Waals surface area contributed by atoms with Crippen molar-refractivity contribution >= 4 is 11.9 Å². The molecular formula is C20H30N4O2. The fourth-order valence-corrected chi connectivity index (χ4v) is 3.05. The molecule has 1 aromatic heterocycles. The maximum Gasteiger partial charge on any atom is 0.410 e. The molecule has 0 unspecified atom stereocenters. The van der Waals surface area contributed by atoms with Gasteiger partial charge in [0.25, 0.3) is 0 Å². The Kier molecular flexibility index (Phi) is 5.23. The highest BCUT2D eigenvalue weighted by molar-refractivity contribution is 5.70. The van der Waals surface area contributed by atoms with Crippen molar-refractivity contribution in [3.8, 4) is 6.07 Å². The van der Waals surface area contributed by atoms with Crippen LogP contribution in [0.3, 0.4) is 0 Å². The van der Waals surface area contributed by atoms with E-state index in [1.54, 1.807) is 11.1 Å². The molecule has 1 aliphatic rings. The number of amides is 1. The van der Waals surface area contributed by atoms with Gasteiger partial charge in [-0.2, -0.15) is 5.26 Å². The molecule has 0 spiro atoms. The average molecular weight is 358 g/mol. The molecule has 2 rings (SSSR count). The number of nitrogens with zero attached hydrogens (tertiary/aromatic N) is 4. The van der Waals surface area contributed by atoms with Crippen molar-refractivity contribution in [1.29, 1.82) is 5.26 Å². The summed E-state index contributed by atoms with van der Waals surface area (Å²) in [5, 5.41) is 9.38. The Morgan fingerprint density at radius 1 is 1.27 bits per heavy atom. The maximum atomic E-state index is 12.5. The number of pyridine rings is 1. The molecule has 1 fully saturated rings. The van der Waals surface area contributed by atoms with Crippen LogP contribution >= 0.6 is 0 Å². The fraction of sp³-hybridized carbons (Fsp3) is 0.650. The Bertz CT molecular complexity index is 713. The molecule has 1 saturated heterocycles. The highest BCUT2D eigenvalue weighted by Crippen LogP contribution is 2.29. The molecule has 0 bridgehead atoms. The first-order chi connectivity index (χ1) is 11.9. The number of carbonyl (C=O) groups is 1. The van der Waals surface area contributed by atoms with Gasteiger partial charge in [-0.15, -0.1) is 0 Å². The van der Waals surface area contributed by atoms with Gasteiger partial charge in [0.05, 0.1) is 17.0 Å².